The van der Waals surface area contributed by atoms with Gasteiger partial charge >= 0.3 is 16.3 Å². The third-order valence-corrected chi connectivity index (χ3v) is 3.44. The Morgan fingerprint density at radius 3 is 2.24 bits per heavy atom. The van der Waals surface area contributed by atoms with E-state index in [9.17, 15) is 13.2 Å². The van der Waals surface area contributed by atoms with Crippen LogP contribution in [0.2, 0.25) is 0 Å². The van der Waals surface area contributed by atoms with Crippen molar-refractivity contribution < 1.29 is 17.9 Å². The van der Waals surface area contributed by atoms with Crippen LogP contribution in [0, 0.1) is 0 Å². The second-order valence-electron chi connectivity index (χ2n) is 4.05. The number of ether oxygens (including phenoxy) is 1. The van der Waals surface area contributed by atoms with Crippen LogP contribution < -0.4 is 10.5 Å². The highest BCUT2D eigenvalue weighted by molar-refractivity contribution is 7.87. The number of rotatable bonds is 6. The average molecular weight is 267 g/mol. The van der Waals surface area contributed by atoms with Crippen molar-refractivity contribution in [1.82, 2.24) is 9.03 Å². The summed E-state index contributed by atoms with van der Waals surface area (Å²) in [6.07, 6.45) is -1.37. The number of nitrogens with two attached hydrogens (primary N) is 1. The fourth-order valence-electron chi connectivity index (χ4n) is 1.19. The molecule has 0 fully saturated rings. The molecule has 7 nitrogen and oxygen atoms in total. The molecule has 0 radical (unpaired) electrons. The Bertz CT molecular complexity index is 340. The molecule has 0 aromatic heterocycles. The van der Waals surface area contributed by atoms with E-state index in [2.05, 4.69) is 0 Å². The minimum Gasteiger partial charge on any atom is -0.446 e. The van der Waals surface area contributed by atoms with Crippen molar-refractivity contribution in [2.75, 3.05) is 13.1 Å². The summed E-state index contributed by atoms with van der Waals surface area (Å²) in [4.78, 5) is 11.2. The fourth-order valence-corrected chi connectivity index (χ4v) is 2.46. The molecule has 0 aromatic rings. The summed E-state index contributed by atoms with van der Waals surface area (Å²) in [6, 6.07) is -0.289. The van der Waals surface area contributed by atoms with Gasteiger partial charge in [-0.25, -0.2) is 9.52 Å². The van der Waals surface area contributed by atoms with Crippen LogP contribution in [0.3, 0.4) is 0 Å². The normalized spacial score (nSPS) is 12.2. The highest BCUT2D eigenvalue weighted by atomic mass is 32.2. The van der Waals surface area contributed by atoms with E-state index in [4.69, 9.17) is 10.5 Å². The molecule has 1 amide bonds. The summed E-state index contributed by atoms with van der Waals surface area (Å²) < 4.78 is 31.3. The third-order valence-electron chi connectivity index (χ3n) is 1.79. The Kier molecular flexibility index (Phi) is 6.43. The number of nitrogens with one attached hydrogen (secondary N) is 1. The summed E-state index contributed by atoms with van der Waals surface area (Å²) in [5.41, 5.74) is 5.33. The van der Waals surface area contributed by atoms with Crippen molar-refractivity contribution in [2.45, 2.75) is 39.8 Å². The van der Waals surface area contributed by atoms with E-state index in [1.54, 1.807) is 27.7 Å². The maximum Gasteiger partial charge on any atom is 0.422 e. The van der Waals surface area contributed by atoms with Gasteiger partial charge in [-0.05, 0) is 27.7 Å². The van der Waals surface area contributed by atoms with E-state index in [0.29, 0.717) is 0 Å². The zero-order valence-corrected chi connectivity index (χ0v) is 11.5. The van der Waals surface area contributed by atoms with Gasteiger partial charge in [-0.2, -0.15) is 12.7 Å². The van der Waals surface area contributed by atoms with Gasteiger partial charge in [0.2, 0.25) is 0 Å². The molecule has 0 spiro atoms. The lowest BCUT2D eigenvalue weighted by molar-refractivity contribution is 0.121. The molecule has 0 aliphatic rings. The minimum atomic E-state index is -3.90. The van der Waals surface area contributed by atoms with E-state index < -0.39 is 16.3 Å². The molecule has 0 unspecified atom stereocenters. The Hall–Kier alpha value is -0.860. The first-order chi connectivity index (χ1) is 7.70. The Morgan fingerprint density at radius 2 is 1.88 bits per heavy atom. The first-order valence-corrected chi connectivity index (χ1v) is 6.85. The van der Waals surface area contributed by atoms with Crippen molar-refractivity contribution >= 4 is 16.3 Å². The quantitative estimate of drug-likeness (QED) is 0.707. The van der Waals surface area contributed by atoms with E-state index in [-0.39, 0.29) is 25.2 Å². The lowest BCUT2D eigenvalue weighted by Gasteiger charge is -2.25. The summed E-state index contributed by atoms with van der Waals surface area (Å²) in [7, 11) is -3.90. The highest BCUT2D eigenvalue weighted by Crippen LogP contribution is 2.04. The molecule has 0 rings (SSSR count). The van der Waals surface area contributed by atoms with Crippen LogP contribution in [0.4, 0.5) is 4.79 Å². The number of nitrogens with zero attached hydrogens (tertiary/aromatic N) is 1. The molecule has 0 heterocycles. The van der Waals surface area contributed by atoms with Gasteiger partial charge in [0.05, 0.1) is 6.10 Å². The van der Waals surface area contributed by atoms with E-state index >= 15 is 0 Å². The number of hydrogen-bond donors (Lipinski definition) is 2. The van der Waals surface area contributed by atoms with Crippen LogP contribution in [-0.4, -0.2) is 44.1 Å². The molecule has 0 aromatic carbocycles. The SMILES string of the molecule is CC(C)OC(=O)NS(=O)(=O)N(CCN)C(C)C. The van der Waals surface area contributed by atoms with Gasteiger partial charge in [-0.1, -0.05) is 0 Å². The summed E-state index contributed by atoms with van der Waals surface area (Å²) in [5, 5.41) is 0. The van der Waals surface area contributed by atoms with Crippen molar-refractivity contribution in [3.8, 4) is 0 Å². The van der Waals surface area contributed by atoms with Gasteiger partial charge in [0.15, 0.2) is 0 Å². The van der Waals surface area contributed by atoms with Crippen LogP contribution in [0.1, 0.15) is 27.7 Å². The molecule has 0 atom stereocenters. The number of hydrogen-bond acceptors (Lipinski definition) is 5. The van der Waals surface area contributed by atoms with Gasteiger partial charge in [0.1, 0.15) is 0 Å². The second-order valence-corrected chi connectivity index (χ2v) is 5.68. The van der Waals surface area contributed by atoms with Crippen molar-refractivity contribution in [3.63, 3.8) is 0 Å². The minimum absolute atomic E-state index is 0.141. The lowest BCUT2D eigenvalue weighted by Crippen LogP contribution is -2.48. The Morgan fingerprint density at radius 1 is 1.35 bits per heavy atom. The van der Waals surface area contributed by atoms with Crippen molar-refractivity contribution in [1.29, 1.82) is 0 Å². The zero-order chi connectivity index (χ0) is 13.6. The standard InChI is InChI=1S/C9H21N3O4S/c1-7(2)12(6-5-10)17(14,15)11-9(13)16-8(3)4/h7-8H,5-6,10H2,1-4H3,(H,11,13). The summed E-state index contributed by atoms with van der Waals surface area (Å²) >= 11 is 0. The predicted molar refractivity (Wildman–Crippen MR) is 64.6 cm³/mol. The molecule has 3 N–H and O–H groups in total. The molecule has 0 aliphatic heterocycles. The van der Waals surface area contributed by atoms with Gasteiger partial charge in [-0.3, -0.25) is 0 Å². The summed E-state index contributed by atoms with van der Waals surface area (Å²) in [6.45, 7) is 6.98. The molecule has 8 heteroatoms. The molecule has 0 bridgehead atoms. The van der Waals surface area contributed by atoms with Crippen LogP contribution in [0.15, 0.2) is 0 Å². The third kappa shape index (κ3) is 5.85. The summed E-state index contributed by atoms with van der Waals surface area (Å²) in [5.74, 6) is 0. The smallest absolute Gasteiger partial charge is 0.422 e. The largest absolute Gasteiger partial charge is 0.446 e. The Labute approximate surface area is 102 Å². The molecule has 0 saturated carbocycles. The number of carbonyl (C=O) groups excluding carboxylic acids is 1. The van der Waals surface area contributed by atoms with Gasteiger partial charge in [-0.15, -0.1) is 0 Å². The first kappa shape index (κ1) is 16.1. The first-order valence-electron chi connectivity index (χ1n) is 5.41. The van der Waals surface area contributed by atoms with Crippen molar-refractivity contribution in [2.24, 2.45) is 5.73 Å². The fraction of sp³-hybridized carbons (Fsp3) is 0.889. The van der Waals surface area contributed by atoms with Crippen LogP contribution in [0.5, 0.6) is 0 Å². The van der Waals surface area contributed by atoms with Crippen molar-refractivity contribution in [3.05, 3.63) is 0 Å². The van der Waals surface area contributed by atoms with Gasteiger partial charge < -0.3 is 10.5 Å². The molecule has 0 saturated heterocycles. The predicted octanol–water partition coefficient (Wildman–Crippen LogP) is 0.0349. The number of amides is 1. The monoisotopic (exact) mass is 267 g/mol. The van der Waals surface area contributed by atoms with Crippen LogP contribution in [-0.2, 0) is 14.9 Å². The maximum atomic E-state index is 11.8. The highest BCUT2D eigenvalue weighted by Gasteiger charge is 2.26. The average Bonchev–Trinajstić information content (AvgIpc) is 2.10. The van der Waals surface area contributed by atoms with E-state index in [1.807, 2.05) is 4.72 Å². The number of carbonyl (C=O) groups is 1. The molecule has 0 aliphatic carbocycles. The lowest BCUT2D eigenvalue weighted by atomic mass is 10.4. The topological polar surface area (TPSA) is 102 Å². The molecule has 102 valence electrons. The second kappa shape index (κ2) is 6.77. The van der Waals surface area contributed by atoms with E-state index in [1.165, 1.54) is 0 Å². The Balaban J connectivity index is 4.69. The van der Waals surface area contributed by atoms with E-state index in [0.717, 1.165) is 4.31 Å². The van der Waals surface area contributed by atoms with Gasteiger partial charge in [0, 0.05) is 19.1 Å². The molecule has 17 heavy (non-hydrogen) atoms. The maximum absolute atomic E-state index is 11.8. The van der Waals surface area contributed by atoms with Gasteiger partial charge in [0.25, 0.3) is 0 Å². The van der Waals surface area contributed by atoms with Crippen LogP contribution in [0.25, 0.3) is 0 Å². The molecular weight excluding hydrogens is 246 g/mol. The zero-order valence-electron chi connectivity index (χ0n) is 10.6. The molecular formula is C9H21N3O4S. The van der Waals surface area contributed by atoms with Crippen LogP contribution >= 0.6 is 0 Å².